The second kappa shape index (κ2) is 5.05. The summed E-state index contributed by atoms with van der Waals surface area (Å²) in [7, 11) is 0. The van der Waals surface area contributed by atoms with Crippen LogP contribution in [0.2, 0.25) is 0 Å². The molecule has 2 unspecified atom stereocenters. The van der Waals surface area contributed by atoms with E-state index in [1.807, 2.05) is 0 Å². The first-order chi connectivity index (χ1) is 10.7. The number of aryl methyl sites for hydroxylation is 2. The van der Waals surface area contributed by atoms with Gasteiger partial charge in [-0.15, -0.1) is 0 Å². The molecule has 0 saturated heterocycles. The highest BCUT2D eigenvalue weighted by Crippen LogP contribution is 2.54. The molecule has 2 atom stereocenters. The lowest BCUT2D eigenvalue weighted by Crippen LogP contribution is -1.94. The Balaban J connectivity index is 1.48. The van der Waals surface area contributed by atoms with E-state index < -0.39 is 0 Å². The van der Waals surface area contributed by atoms with E-state index in [2.05, 4.69) is 51.5 Å². The van der Waals surface area contributed by atoms with Crippen LogP contribution in [0.4, 0.5) is 0 Å². The van der Waals surface area contributed by atoms with Gasteiger partial charge in [-0.2, -0.15) is 9.97 Å². The lowest BCUT2D eigenvalue weighted by molar-refractivity contribution is 0.372. The topological polar surface area (TPSA) is 77.8 Å². The highest BCUT2D eigenvalue weighted by molar-refractivity contribution is 5.36. The standard InChI is InChI=1S/C16H16N4O2/c1-9-5-3-4-6-11(9)12-7-13(12)16-18-15(20-22-16)8-14-17-10(2)21-19-14/h3-6,12-13H,7-8H2,1-2H3. The molecule has 2 aromatic heterocycles. The first-order valence-electron chi connectivity index (χ1n) is 7.38. The number of aromatic nitrogens is 4. The highest BCUT2D eigenvalue weighted by Gasteiger charge is 2.44. The molecule has 1 aromatic carbocycles. The maximum absolute atomic E-state index is 5.41. The maximum atomic E-state index is 5.41. The number of nitrogens with zero attached hydrogens (tertiary/aromatic N) is 4. The van der Waals surface area contributed by atoms with E-state index in [9.17, 15) is 0 Å². The molecule has 0 aliphatic heterocycles. The minimum atomic E-state index is 0.328. The van der Waals surface area contributed by atoms with Crippen LogP contribution in [-0.2, 0) is 6.42 Å². The first-order valence-corrected chi connectivity index (χ1v) is 7.38. The Kier molecular flexibility index (Phi) is 3.03. The van der Waals surface area contributed by atoms with Gasteiger partial charge in [0.2, 0.25) is 11.8 Å². The highest BCUT2D eigenvalue weighted by atomic mass is 16.5. The molecule has 22 heavy (non-hydrogen) atoms. The van der Waals surface area contributed by atoms with Crippen LogP contribution in [-0.4, -0.2) is 20.3 Å². The van der Waals surface area contributed by atoms with Crippen molar-refractivity contribution < 1.29 is 9.05 Å². The summed E-state index contributed by atoms with van der Waals surface area (Å²) >= 11 is 0. The van der Waals surface area contributed by atoms with E-state index >= 15 is 0 Å². The second-order valence-corrected chi connectivity index (χ2v) is 5.76. The van der Waals surface area contributed by atoms with Crippen molar-refractivity contribution in [1.29, 1.82) is 0 Å². The van der Waals surface area contributed by atoms with E-state index in [0.717, 1.165) is 6.42 Å². The summed E-state index contributed by atoms with van der Waals surface area (Å²) < 4.78 is 10.4. The minimum Gasteiger partial charge on any atom is -0.340 e. The van der Waals surface area contributed by atoms with Gasteiger partial charge >= 0.3 is 0 Å². The van der Waals surface area contributed by atoms with Crippen LogP contribution in [0.15, 0.2) is 33.3 Å². The van der Waals surface area contributed by atoms with Gasteiger partial charge in [-0.3, -0.25) is 0 Å². The Hall–Kier alpha value is -2.50. The van der Waals surface area contributed by atoms with Gasteiger partial charge in [-0.25, -0.2) is 0 Å². The quantitative estimate of drug-likeness (QED) is 0.736. The van der Waals surface area contributed by atoms with Crippen molar-refractivity contribution in [2.75, 3.05) is 0 Å². The summed E-state index contributed by atoms with van der Waals surface area (Å²) in [5, 5.41) is 7.87. The predicted octanol–water partition coefficient (Wildman–Crippen LogP) is 2.93. The molecule has 0 amide bonds. The molecule has 1 aliphatic carbocycles. The molecule has 0 spiro atoms. The second-order valence-electron chi connectivity index (χ2n) is 5.76. The van der Waals surface area contributed by atoms with E-state index in [0.29, 0.717) is 41.7 Å². The fourth-order valence-electron chi connectivity index (χ4n) is 2.86. The molecule has 112 valence electrons. The van der Waals surface area contributed by atoms with Gasteiger partial charge in [-0.1, -0.05) is 34.6 Å². The van der Waals surface area contributed by atoms with Crippen molar-refractivity contribution in [2.24, 2.45) is 0 Å². The van der Waals surface area contributed by atoms with Gasteiger partial charge in [0.1, 0.15) is 0 Å². The summed E-state index contributed by atoms with van der Waals surface area (Å²) in [5.74, 6) is 3.25. The Bertz CT molecular complexity index is 808. The van der Waals surface area contributed by atoms with Crippen molar-refractivity contribution in [3.63, 3.8) is 0 Å². The molecular formula is C16H16N4O2. The lowest BCUT2D eigenvalue weighted by Gasteiger charge is -2.02. The fourth-order valence-corrected chi connectivity index (χ4v) is 2.86. The maximum Gasteiger partial charge on any atom is 0.230 e. The molecule has 3 aromatic rings. The van der Waals surface area contributed by atoms with Crippen LogP contribution in [0, 0.1) is 13.8 Å². The summed E-state index contributed by atoms with van der Waals surface area (Å²) in [6, 6.07) is 8.46. The zero-order chi connectivity index (χ0) is 15.1. The Labute approximate surface area is 127 Å². The fraction of sp³-hybridized carbons (Fsp3) is 0.375. The van der Waals surface area contributed by atoms with Gasteiger partial charge in [0, 0.05) is 12.8 Å². The zero-order valence-corrected chi connectivity index (χ0v) is 12.5. The number of hydrogen-bond acceptors (Lipinski definition) is 6. The van der Waals surface area contributed by atoms with Crippen molar-refractivity contribution in [3.8, 4) is 0 Å². The third kappa shape index (κ3) is 2.41. The van der Waals surface area contributed by atoms with E-state index in [1.165, 1.54) is 11.1 Å². The Morgan fingerprint density at radius 1 is 1.00 bits per heavy atom. The summed E-state index contributed by atoms with van der Waals surface area (Å²) in [6.07, 6.45) is 1.50. The molecule has 0 N–H and O–H groups in total. The monoisotopic (exact) mass is 296 g/mol. The predicted molar refractivity (Wildman–Crippen MR) is 77.4 cm³/mol. The van der Waals surface area contributed by atoms with Crippen LogP contribution in [0.5, 0.6) is 0 Å². The molecular weight excluding hydrogens is 280 g/mol. The number of hydrogen-bond donors (Lipinski definition) is 0. The van der Waals surface area contributed by atoms with E-state index in [-0.39, 0.29) is 0 Å². The van der Waals surface area contributed by atoms with Crippen LogP contribution < -0.4 is 0 Å². The van der Waals surface area contributed by atoms with Gasteiger partial charge in [0.25, 0.3) is 0 Å². The molecule has 1 saturated carbocycles. The lowest BCUT2D eigenvalue weighted by atomic mass is 10.0. The van der Waals surface area contributed by atoms with Crippen molar-refractivity contribution >= 4 is 0 Å². The van der Waals surface area contributed by atoms with Gasteiger partial charge < -0.3 is 9.05 Å². The minimum absolute atomic E-state index is 0.328. The molecule has 4 rings (SSSR count). The summed E-state index contributed by atoms with van der Waals surface area (Å²) in [5.41, 5.74) is 2.69. The Morgan fingerprint density at radius 3 is 2.55 bits per heavy atom. The largest absolute Gasteiger partial charge is 0.340 e. The molecule has 1 aliphatic rings. The summed E-state index contributed by atoms with van der Waals surface area (Å²) in [4.78, 5) is 8.63. The molecule has 6 heteroatoms. The third-order valence-electron chi connectivity index (χ3n) is 4.07. The molecule has 6 nitrogen and oxygen atoms in total. The smallest absolute Gasteiger partial charge is 0.230 e. The molecule has 0 bridgehead atoms. The van der Waals surface area contributed by atoms with Crippen LogP contribution in [0.25, 0.3) is 0 Å². The first kappa shape index (κ1) is 13.2. The van der Waals surface area contributed by atoms with Gasteiger partial charge in [0.15, 0.2) is 11.6 Å². The zero-order valence-electron chi connectivity index (χ0n) is 12.5. The van der Waals surface area contributed by atoms with Gasteiger partial charge in [0.05, 0.1) is 6.42 Å². The molecule has 2 heterocycles. The van der Waals surface area contributed by atoms with E-state index in [1.54, 1.807) is 6.92 Å². The van der Waals surface area contributed by atoms with Crippen LogP contribution in [0.3, 0.4) is 0 Å². The van der Waals surface area contributed by atoms with E-state index in [4.69, 9.17) is 9.05 Å². The summed E-state index contributed by atoms with van der Waals surface area (Å²) in [6.45, 7) is 3.90. The Morgan fingerprint density at radius 2 is 1.77 bits per heavy atom. The molecule has 1 fully saturated rings. The normalized spacial score (nSPS) is 20.3. The molecule has 0 radical (unpaired) electrons. The third-order valence-corrected chi connectivity index (χ3v) is 4.07. The van der Waals surface area contributed by atoms with Crippen molar-refractivity contribution in [1.82, 2.24) is 20.3 Å². The van der Waals surface area contributed by atoms with Crippen molar-refractivity contribution in [3.05, 3.63) is 58.8 Å². The average molecular weight is 296 g/mol. The van der Waals surface area contributed by atoms with Gasteiger partial charge in [-0.05, 0) is 30.4 Å². The van der Waals surface area contributed by atoms with Crippen LogP contribution >= 0.6 is 0 Å². The number of benzene rings is 1. The SMILES string of the molecule is Cc1nc(Cc2noc(C3CC3c3ccccc3C)n2)no1. The van der Waals surface area contributed by atoms with Crippen molar-refractivity contribution in [2.45, 2.75) is 38.5 Å². The van der Waals surface area contributed by atoms with Crippen LogP contribution in [0.1, 0.15) is 52.8 Å². The average Bonchev–Trinajstić information content (AvgIpc) is 2.97. The number of rotatable bonds is 4.